The highest BCUT2D eigenvalue weighted by molar-refractivity contribution is 6.06. The summed E-state index contributed by atoms with van der Waals surface area (Å²) in [6.45, 7) is 4.00. The van der Waals surface area contributed by atoms with Crippen molar-refractivity contribution in [3.05, 3.63) is 39.6 Å². The van der Waals surface area contributed by atoms with E-state index in [1.165, 1.54) is 6.07 Å². The number of non-ortho nitro benzene ring substituents is 1. The van der Waals surface area contributed by atoms with Crippen molar-refractivity contribution in [1.82, 2.24) is 4.98 Å². The Morgan fingerprint density at radius 1 is 1.50 bits per heavy atom. The number of nitro groups is 1. The minimum atomic E-state index is -0.347. The molecule has 5 heteroatoms. The summed E-state index contributed by atoms with van der Waals surface area (Å²) < 4.78 is 0. The quantitative estimate of drug-likeness (QED) is 0.618. The number of aromatic amines is 1. The summed E-state index contributed by atoms with van der Waals surface area (Å²) in [6.07, 6.45) is 0.827. The number of hydrogen-bond donors (Lipinski definition) is 1. The van der Waals surface area contributed by atoms with Gasteiger partial charge in [-0.3, -0.25) is 15.1 Å². The monoisotopic (exact) mass is 243 g/mol. The number of rotatable bonds is 1. The van der Waals surface area contributed by atoms with Crippen LogP contribution in [0.5, 0.6) is 0 Å². The van der Waals surface area contributed by atoms with Crippen LogP contribution in [-0.4, -0.2) is 21.7 Å². The number of para-hydroxylation sites is 1. The Morgan fingerprint density at radius 3 is 3.00 bits per heavy atom. The fourth-order valence-corrected chi connectivity index (χ4v) is 2.67. The van der Waals surface area contributed by atoms with Crippen LogP contribution in [0.3, 0.4) is 0 Å². The second-order valence-corrected chi connectivity index (χ2v) is 4.70. The van der Waals surface area contributed by atoms with Gasteiger partial charge in [-0.05, 0) is 25.8 Å². The molecular formula is C13H13N3O2. The summed E-state index contributed by atoms with van der Waals surface area (Å²) in [5.74, 6) is 0. The molecular weight excluding hydrogens is 230 g/mol. The van der Waals surface area contributed by atoms with E-state index in [1.54, 1.807) is 6.07 Å². The summed E-state index contributed by atoms with van der Waals surface area (Å²) in [6, 6.07) is 5.43. The fourth-order valence-electron chi connectivity index (χ4n) is 2.67. The van der Waals surface area contributed by atoms with Crippen molar-refractivity contribution in [1.29, 1.82) is 0 Å². The lowest BCUT2D eigenvalue weighted by Gasteiger charge is -2.15. The zero-order valence-electron chi connectivity index (χ0n) is 10.2. The van der Waals surface area contributed by atoms with Gasteiger partial charge >= 0.3 is 0 Å². The second-order valence-electron chi connectivity index (χ2n) is 4.70. The van der Waals surface area contributed by atoms with Crippen LogP contribution in [0.4, 0.5) is 5.69 Å². The summed E-state index contributed by atoms with van der Waals surface area (Å²) in [4.78, 5) is 18.4. The Balaban J connectivity index is 2.35. The molecule has 1 atom stereocenters. The molecule has 0 saturated carbocycles. The standard InChI is InChI=1S/C13H13N3O2/c1-7-6-10-9-4-3-5-11(16(17)18)13(9)15-12(10)8(2)14-7/h3-5,7,15H,6H2,1-2H3. The summed E-state index contributed by atoms with van der Waals surface area (Å²) in [7, 11) is 0. The van der Waals surface area contributed by atoms with Gasteiger partial charge in [0.25, 0.3) is 5.69 Å². The Bertz CT molecular complexity index is 685. The Kier molecular flexibility index (Phi) is 2.23. The number of hydrogen-bond acceptors (Lipinski definition) is 3. The Morgan fingerprint density at radius 2 is 2.28 bits per heavy atom. The molecule has 2 heterocycles. The lowest BCUT2D eigenvalue weighted by molar-refractivity contribution is -0.383. The van der Waals surface area contributed by atoms with E-state index in [0.717, 1.165) is 28.8 Å². The number of fused-ring (bicyclic) bond motifs is 3. The predicted octanol–water partition coefficient (Wildman–Crippen LogP) is 2.83. The van der Waals surface area contributed by atoms with Crippen LogP contribution in [0.25, 0.3) is 10.9 Å². The highest BCUT2D eigenvalue weighted by Crippen LogP contribution is 2.32. The van der Waals surface area contributed by atoms with Gasteiger partial charge in [-0.25, -0.2) is 0 Å². The third-order valence-corrected chi connectivity index (χ3v) is 3.39. The van der Waals surface area contributed by atoms with Gasteiger partial charge in [-0.15, -0.1) is 0 Å². The van der Waals surface area contributed by atoms with Crippen molar-refractivity contribution in [3.8, 4) is 0 Å². The summed E-state index contributed by atoms with van der Waals surface area (Å²) in [5.41, 5.74) is 3.75. The molecule has 1 aliphatic heterocycles. The van der Waals surface area contributed by atoms with Crippen molar-refractivity contribution in [2.45, 2.75) is 26.3 Å². The number of H-pyrrole nitrogens is 1. The van der Waals surface area contributed by atoms with E-state index in [1.807, 2.05) is 13.0 Å². The van der Waals surface area contributed by atoms with Crippen LogP contribution in [0.1, 0.15) is 25.1 Å². The van der Waals surface area contributed by atoms with Gasteiger partial charge in [0.15, 0.2) is 0 Å². The van der Waals surface area contributed by atoms with Gasteiger partial charge < -0.3 is 4.98 Å². The number of benzene rings is 1. The van der Waals surface area contributed by atoms with E-state index >= 15 is 0 Å². The van der Waals surface area contributed by atoms with E-state index in [2.05, 4.69) is 16.9 Å². The molecule has 0 aliphatic carbocycles. The third kappa shape index (κ3) is 1.44. The molecule has 1 aliphatic rings. The maximum absolute atomic E-state index is 11.0. The predicted molar refractivity (Wildman–Crippen MR) is 70.3 cm³/mol. The van der Waals surface area contributed by atoms with Crippen LogP contribution in [0.15, 0.2) is 23.2 Å². The van der Waals surface area contributed by atoms with Gasteiger partial charge in [0, 0.05) is 11.5 Å². The van der Waals surface area contributed by atoms with Gasteiger partial charge in [0.05, 0.1) is 22.4 Å². The first kappa shape index (κ1) is 11.0. The van der Waals surface area contributed by atoms with E-state index in [-0.39, 0.29) is 16.7 Å². The summed E-state index contributed by atoms with van der Waals surface area (Å²) >= 11 is 0. The molecule has 92 valence electrons. The van der Waals surface area contributed by atoms with Crippen LogP contribution in [0, 0.1) is 10.1 Å². The molecule has 0 bridgehead atoms. The molecule has 0 amide bonds. The molecule has 18 heavy (non-hydrogen) atoms. The first-order chi connectivity index (χ1) is 8.58. The summed E-state index contributed by atoms with van der Waals surface area (Å²) in [5, 5.41) is 12.0. The van der Waals surface area contributed by atoms with Crippen molar-refractivity contribution < 1.29 is 4.92 Å². The lowest BCUT2D eigenvalue weighted by atomic mass is 9.98. The SMILES string of the molecule is CC1=NC(C)Cc2c1[nH]c1c([N+](=O)[O-])cccc21. The highest BCUT2D eigenvalue weighted by Gasteiger charge is 2.24. The Labute approximate surface area is 104 Å². The zero-order valence-corrected chi connectivity index (χ0v) is 10.2. The van der Waals surface area contributed by atoms with Crippen LogP contribution < -0.4 is 0 Å². The largest absolute Gasteiger partial charge is 0.348 e. The van der Waals surface area contributed by atoms with E-state index in [0.29, 0.717) is 5.52 Å². The highest BCUT2D eigenvalue weighted by atomic mass is 16.6. The molecule has 0 spiro atoms. The van der Waals surface area contributed by atoms with Crippen LogP contribution in [0.2, 0.25) is 0 Å². The first-order valence-electron chi connectivity index (χ1n) is 5.90. The van der Waals surface area contributed by atoms with E-state index in [4.69, 9.17) is 0 Å². The molecule has 0 saturated heterocycles. The zero-order chi connectivity index (χ0) is 12.9. The Hall–Kier alpha value is -2.17. The number of aromatic nitrogens is 1. The maximum Gasteiger partial charge on any atom is 0.293 e. The molecule has 1 aromatic heterocycles. The van der Waals surface area contributed by atoms with Crippen LogP contribution >= 0.6 is 0 Å². The topological polar surface area (TPSA) is 71.3 Å². The average molecular weight is 243 g/mol. The van der Waals surface area contributed by atoms with Gasteiger partial charge in [0.1, 0.15) is 5.52 Å². The van der Waals surface area contributed by atoms with Crippen molar-refractivity contribution in [2.75, 3.05) is 0 Å². The molecule has 2 aromatic rings. The maximum atomic E-state index is 11.0. The normalized spacial score (nSPS) is 18.6. The molecule has 1 unspecified atom stereocenters. The van der Waals surface area contributed by atoms with Gasteiger partial charge in [-0.2, -0.15) is 0 Å². The minimum Gasteiger partial charge on any atom is -0.348 e. The number of nitrogens with one attached hydrogen (secondary N) is 1. The number of nitro benzene ring substituents is 1. The molecule has 3 rings (SSSR count). The molecule has 1 N–H and O–H groups in total. The van der Waals surface area contributed by atoms with Crippen molar-refractivity contribution >= 4 is 22.3 Å². The first-order valence-corrected chi connectivity index (χ1v) is 5.90. The molecule has 0 radical (unpaired) electrons. The van der Waals surface area contributed by atoms with E-state index in [9.17, 15) is 10.1 Å². The van der Waals surface area contributed by atoms with Crippen LogP contribution in [-0.2, 0) is 6.42 Å². The average Bonchev–Trinajstić information content (AvgIpc) is 2.68. The third-order valence-electron chi connectivity index (χ3n) is 3.39. The molecule has 0 fully saturated rings. The second kappa shape index (κ2) is 3.66. The molecule has 1 aromatic carbocycles. The van der Waals surface area contributed by atoms with E-state index < -0.39 is 0 Å². The lowest BCUT2D eigenvalue weighted by Crippen LogP contribution is -2.15. The van der Waals surface area contributed by atoms with Gasteiger partial charge in [-0.1, -0.05) is 12.1 Å². The number of nitrogens with zero attached hydrogens (tertiary/aromatic N) is 2. The van der Waals surface area contributed by atoms with Crippen molar-refractivity contribution in [3.63, 3.8) is 0 Å². The minimum absolute atomic E-state index is 0.127. The van der Waals surface area contributed by atoms with Crippen molar-refractivity contribution in [2.24, 2.45) is 4.99 Å². The molecule has 5 nitrogen and oxygen atoms in total. The van der Waals surface area contributed by atoms with Gasteiger partial charge in [0.2, 0.25) is 0 Å². The smallest absolute Gasteiger partial charge is 0.293 e. The number of aliphatic imine (C=N–C) groups is 1. The fraction of sp³-hybridized carbons (Fsp3) is 0.308.